The van der Waals surface area contributed by atoms with E-state index in [9.17, 15) is 4.21 Å². The Bertz CT molecular complexity index is 84.2. The largest absolute Gasteiger partial charge is 0.251 e. The average molecular weight is 115 g/mol. The van der Waals surface area contributed by atoms with Crippen LogP contribution in [-0.2, 0) is 11.0 Å². The van der Waals surface area contributed by atoms with Crippen molar-refractivity contribution in [2.24, 2.45) is 5.14 Å². The molecule has 2 nitrogen and oxygen atoms in total. The van der Waals surface area contributed by atoms with Crippen LogP contribution in [0.2, 0.25) is 0 Å². The fourth-order valence-electron chi connectivity index (χ4n) is 0. The molecule has 0 aliphatic heterocycles. The van der Waals surface area contributed by atoms with Crippen LogP contribution in [-0.4, -0.2) is 8.96 Å². The molecule has 1 atom stereocenters. The second-order valence-electron chi connectivity index (χ2n) is 1.15. The van der Waals surface area contributed by atoms with Crippen molar-refractivity contribution in [2.75, 3.05) is 0 Å². The zero-order valence-corrected chi connectivity index (χ0v) is 4.44. The Morgan fingerprint density at radius 2 is 1.57 bits per heavy atom. The Labute approximate surface area is 46.7 Å². The summed E-state index contributed by atoms with van der Waals surface area (Å²) in [6, 6.07) is 0. The van der Waals surface area contributed by atoms with Gasteiger partial charge in [-0.2, -0.15) is 0 Å². The molecule has 38 valence electrons. The minimum Gasteiger partial charge on any atom is -0.251 e. The molecule has 0 bridgehead atoms. The first-order valence-electron chi connectivity index (χ1n) is 1.47. The highest BCUT2D eigenvalue weighted by Crippen LogP contribution is 2.02. The van der Waals surface area contributed by atoms with E-state index in [0.717, 1.165) is 0 Å². The molecule has 0 aliphatic rings. The maximum Gasteiger partial charge on any atom is 0.0960 e. The highest BCUT2D eigenvalue weighted by atomic mass is 32.2. The third-order valence-corrected chi connectivity index (χ3v) is 1.05. The van der Waals surface area contributed by atoms with Crippen molar-refractivity contribution < 1.29 is 4.21 Å². The van der Waals surface area contributed by atoms with Crippen molar-refractivity contribution in [3.63, 3.8) is 0 Å². The Morgan fingerprint density at radius 3 is 1.57 bits per heavy atom. The average Bonchev–Trinajstić information content (AvgIpc) is 1.31. The molecule has 0 heterocycles. The summed E-state index contributed by atoms with van der Waals surface area (Å²) in [5.74, 6) is 0. The Morgan fingerprint density at radius 1 is 1.43 bits per heavy atom. The first-order valence-corrected chi connectivity index (χ1v) is 2.69. The molecule has 3 heteroatoms. The number of nitrogens with two attached hydrogens (primary N) is 1. The van der Waals surface area contributed by atoms with Gasteiger partial charge in [0, 0.05) is 0 Å². The van der Waals surface area contributed by atoms with E-state index in [4.69, 9.17) is 20.8 Å². The van der Waals surface area contributed by atoms with Crippen LogP contribution in [0.4, 0.5) is 0 Å². The smallest absolute Gasteiger partial charge is 0.0960 e. The summed E-state index contributed by atoms with van der Waals surface area (Å²) in [5, 5.41) is 4.67. The predicted molar refractivity (Wildman–Crippen MR) is 28.0 cm³/mol. The molecule has 0 aliphatic carbocycles. The molecule has 0 spiro atoms. The lowest BCUT2D eigenvalue weighted by molar-refractivity contribution is 0.676. The van der Waals surface area contributed by atoms with E-state index in [-0.39, 0.29) is 0 Å². The lowest BCUT2D eigenvalue weighted by Crippen LogP contribution is -2.28. The molecule has 0 unspecified atom stereocenters. The molecular formula is C4H5NOS. The van der Waals surface area contributed by atoms with Gasteiger partial charge in [0.25, 0.3) is 0 Å². The van der Waals surface area contributed by atoms with Gasteiger partial charge >= 0.3 is 0 Å². The number of hydrogen-bond donors (Lipinski definition) is 1. The number of hydrogen-bond acceptors (Lipinski definition) is 1. The minimum atomic E-state index is -1.85. The second-order valence-corrected chi connectivity index (χ2v) is 2.45. The summed E-state index contributed by atoms with van der Waals surface area (Å²) < 4.78 is 8.23. The van der Waals surface area contributed by atoms with E-state index in [2.05, 4.69) is 5.14 Å². The molecule has 0 aromatic heterocycles. The zero-order valence-electron chi connectivity index (χ0n) is 3.63. The molecule has 0 aromatic rings. The molecule has 0 amide bonds. The van der Waals surface area contributed by atoms with Gasteiger partial charge < -0.3 is 0 Å². The van der Waals surface area contributed by atoms with E-state index < -0.39 is 15.7 Å². The van der Waals surface area contributed by atoms with Gasteiger partial charge in [0.15, 0.2) is 0 Å². The molecular weight excluding hydrogens is 110 g/mol. The highest BCUT2D eigenvalue weighted by molar-refractivity contribution is 7.84. The lowest BCUT2D eigenvalue weighted by Gasteiger charge is -2.09. The third kappa shape index (κ3) is 2.76. The predicted octanol–water partition coefficient (Wildman–Crippen LogP) is -0.519. The first-order chi connectivity index (χ1) is 2.94. The van der Waals surface area contributed by atoms with Crippen molar-refractivity contribution in [1.29, 1.82) is 0 Å². The SMILES string of the molecule is [CH]C([CH])([CH])[S@@](N)=O. The Kier molecular flexibility index (Phi) is 1.95. The minimum absolute atomic E-state index is 1.75. The molecule has 6 radical (unpaired) electrons. The van der Waals surface area contributed by atoms with Gasteiger partial charge in [0.2, 0.25) is 0 Å². The van der Waals surface area contributed by atoms with Crippen molar-refractivity contribution in [3.05, 3.63) is 20.8 Å². The molecule has 0 saturated heterocycles. The van der Waals surface area contributed by atoms with Crippen LogP contribution in [0.5, 0.6) is 0 Å². The molecule has 2 N–H and O–H groups in total. The van der Waals surface area contributed by atoms with Gasteiger partial charge in [0.05, 0.1) is 15.7 Å². The van der Waals surface area contributed by atoms with Gasteiger partial charge in [0.1, 0.15) is 0 Å². The fraction of sp³-hybridized carbons (Fsp3) is 0.250. The van der Waals surface area contributed by atoms with Gasteiger partial charge in [-0.05, 0) is 20.8 Å². The Hall–Kier alpha value is 0.110. The fourth-order valence-corrected chi connectivity index (χ4v) is 0. The van der Waals surface area contributed by atoms with E-state index >= 15 is 0 Å². The van der Waals surface area contributed by atoms with Gasteiger partial charge in [-0.1, -0.05) is 0 Å². The van der Waals surface area contributed by atoms with Gasteiger partial charge in [-0.3, -0.25) is 5.14 Å². The van der Waals surface area contributed by atoms with Gasteiger partial charge in [-0.15, -0.1) is 0 Å². The quantitative estimate of drug-likeness (QED) is 0.491. The van der Waals surface area contributed by atoms with Crippen LogP contribution < -0.4 is 5.14 Å². The van der Waals surface area contributed by atoms with Crippen LogP contribution in [0.15, 0.2) is 0 Å². The van der Waals surface area contributed by atoms with E-state index in [1.54, 1.807) is 0 Å². The summed E-state index contributed by atoms with van der Waals surface area (Å²) in [5.41, 5.74) is 0. The molecule has 0 fully saturated rings. The van der Waals surface area contributed by atoms with Crippen LogP contribution in [0, 0.1) is 20.8 Å². The van der Waals surface area contributed by atoms with Crippen molar-refractivity contribution in [1.82, 2.24) is 0 Å². The van der Waals surface area contributed by atoms with Crippen LogP contribution >= 0.6 is 0 Å². The topological polar surface area (TPSA) is 43.1 Å². The maximum absolute atomic E-state index is 9.98. The molecule has 7 heavy (non-hydrogen) atoms. The highest BCUT2D eigenvalue weighted by Gasteiger charge is 2.16. The summed E-state index contributed by atoms with van der Waals surface area (Å²) in [6.07, 6.45) is 0. The monoisotopic (exact) mass is 115 g/mol. The van der Waals surface area contributed by atoms with Crippen molar-refractivity contribution >= 4 is 11.0 Å². The normalized spacial score (nSPS) is 16.6. The zero-order chi connectivity index (χ0) is 6.08. The maximum atomic E-state index is 9.98. The molecule has 0 rings (SSSR count). The van der Waals surface area contributed by atoms with Crippen LogP contribution in [0.1, 0.15) is 0 Å². The first kappa shape index (κ1) is 7.11. The summed E-state index contributed by atoms with van der Waals surface area (Å²) >= 11 is 0. The van der Waals surface area contributed by atoms with Crippen molar-refractivity contribution in [3.8, 4) is 0 Å². The van der Waals surface area contributed by atoms with Gasteiger partial charge in [-0.25, -0.2) is 4.21 Å². The third-order valence-electron chi connectivity index (χ3n) is 0.348. The van der Waals surface area contributed by atoms with Crippen molar-refractivity contribution in [2.45, 2.75) is 4.75 Å². The molecule has 0 saturated carbocycles. The van der Waals surface area contributed by atoms with Crippen LogP contribution in [0.25, 0.3) is 0 Å². The standard InChI is InChI=1S/C4H5NOS/c1-4(2,3)7(5)6/h1-3H,5H2/t7-/m0/s1. The second kappa shape index (κ2) is 1.92. The van der Waals surface area contributed by atoms with E-state index in [0.29, 0.717) is 0 Å². The summed E-state index contributed by atoms with van der Waals surface area (Å²) in [6.45, 7) is 14.4. The van der Waals surface area contributed by atoms with E-state index in [1.165, 1.54) is 0 Å². The Balaban J connectivity index is 3.79. The molecule has 0 aromatic carbocycles. The number of rotatable bonds is 1. The van der Waals surface area contributed by atoms with Crippen LogP contribution in [0.3, 0.4) is 0 Å². The lowest BCUT2D eigenvalue weighted by atomic mass is 10.3. The van der Waals surface area contributed by atoms with E-state index in [1.807, 2.05) is 0 Å². The summed E-state index contributed by atoms with van der Waals surface area (Å²) in [7, 11) is -1.85. The summed E-state index contributed by atoms with van der Waals surface area (Å²) in [4.78, 5) is 0.